The molecule has 2 N–H and O–H groups in total. The van der Waals surface area contributed by atoms with Crippen molar-refractivity contribution in [2.24, 2.45) is 5.92 Å². The van der Waals surface area contributed by atoms with Crippen LogP contribution < -0.4 is 11.2 Å². The van der Waals surface area contributed by atoms with Crippen molar-refractivity contribution >= 4 is 18.6 Å². The van der Waals surface area contributed by atoms with E-state index in [2.05, 4.69) is 13.8 Å². The van der Waals surface area contributed by atoms with Crippen molar-refractivity contribution in [1.29, 1.82) is 0 Å². The van der Waals surface area contributed by atoms with Gasteiger partial charge in [0.25, 0.3) is 0 Å². The summed E-state index contributed by atoms with van der Waals surface area (Å²) in [6.45, 7) is 8.16. The first-order valence-electron chi connectivity index (χ1n) is 5.51. The Labute approximate surface area is 97.3 Å². The van der Waals surface area contributed by atoms with Gasteiger partial charge >= 0.3 is 7.48 Å². The van der Waals surface area contributed by atoms with E-state index in [1.54, 1.807) is 18.2 Å². The Balaban J connectivity index is 2.72. The van der Waals surface area contributed by atoms with Crippen LogP contribution in [0.4, 0.5) is 10.1 Å². The fourth-order valence-electron chi connectivity index (χ4n) is 1.14. The van der Waals surface area contributed by atoms with Crippen LogP contribution in [0, 0.1) is 11.7 Å². The van der Waals surface area contributed by atoms with E-state index in [4.69, 9.17) is 10.4 Å². The highest BCUT2D eigenvalue weighted by Crippen LogP contribution is 2.19. The summed E-state index contributed by atoms with van der Waals surface area (Å²) in [5.41, 5.74) is 5.90. The number of nitrogens with two attached hydrogens (primary N) is 1. The Kier molecular flexibility index (Phi) is 3.97. The third-order valence-corrected chi connectivity index (χ3v) is 3.10. The van der Waals surface area contributed by atoms with Gasteiger partial charge in [0.15, 0.2) is 0 Å². The summed E-state index contributed by atoms with van der Waals surface area (Å²) in [5.74, 6) is -0.00123. The lowest BCUT2D eigenvalue weighted by Crippen LogP contribution is -2.37. The molecular formula is C12H19BFNO. The van der Waals surface area contributed by atoms with E-state index in [9.17, 15) is 4.39 Å². The Hall–Kier alpha value is -1.03. The molecular weight excluding hydrogens is 204 g/mol. The zero-order valence-corrected chi connectivity index (χ0v) is 10.4. The van der Waals surface area contributed by atoms with Gasteiger partial charge in [-0.3, -0.25) is 0 Å². The second-order valence-electron chi connectivity index (χ2n) is 4.87. The molecule has 88 valence electrons. The molecule has 0 aliphatic heterocycles. The first-order valence-corrected chi connectivity index (χ1v) is 5.51. The molecule has 0 aliphatic carbocycles. The number of halogens is 1. The van der Waals surface area contributed by atoms with Crippen molar-refractivity contribution in [3.63, 3.8) is 0 Å². The van der Waals surface area contributed by atoms with E-state index in [1.165, 1.54) is 0 Å². The zero-order chi connectivity index (χ0) is 12.3. The van der Waals surface area contributed by atoms with Gasteiger partial charge in [-0.25, -0.2) is 4.39 Å². The van der Waals surface area contributed by atoms with Crippen LogP contribution in [0.1, 0.15) is 27.7 Å². The monoisotopic (exact) mass is 223 g/mol. The second kappa shape index (κ2) is 4.87. The molecule has 0 amide bonds. The van der Waals surface area contributed by atoms with Crippen LogP contribution in [0.15, 0.2) is 18.2 Å². The number of rotatable bonds is 4. The van der Waals surface area contributed by atoms with Crippen molar-refractivity contribution in [3.05, 3.63) is 24.0 Å². The second-order valence-corrected chi connectivity index (χ2v) is 4.87. The van der Waals surface area contributed by atoms with E-state index in [1.807, 2.05) is 13.8 Å². The fourth-order valence-corrected chi connectivity index (χ4v) is 1.14. The van der Waals surface area contributed by atoms with Crippen LogP contribution in [0.2, 0.25) is 0 Å². The van der Waals surface area contributed by atoms with E-state index >= 15 is 0 Å². The highest BCUT2D eigenvalue weighted by atomic mass is 19.1. The maximum atomic E-state index is 13.6. The third kappa shape index (κ3) is 2.98. The normalized spacial score (nSPS) is 11.9. The maximum absolute atomic E-state index is 13.6. The molecule has 1 rings (SSSR count). The van der Waals surface area contributed by atoms with Gasteiger partial charge < -0.3 is 10.4 Å². The van der Waals surface area contributed by atoms with Crippen molar-refractivity contribution in [1.82, 2.24) is 0 Å². The number of hydrogen-bond donors (Lipinski definition) is 1. The maximum Gasteiger partial charge on any atom is 0.312 e. The standard InChI is InChI=1S/C12H19BFNO/c1-8(2)12(3,4)16-13-9-6-5-7-10(15)11(9)14/h5-8,13H,15H2,1-4H3. The first kappa shape index (κ1) is 13.0. The fraction of sp³-hybridized carbons (Fsp3) is 0.500. The Morgan fingerprint density at radius 1 is 1.38 bits per heavy atom. The lowest BCUT2D eigenvalue weighted by molar-refractivity contribution is 0.0667. The summed E-state index contributed by atoms with van der Waals surface area (Å²) in [6, 6.07) is 4.98. The van der Waals surface area contributed by atoms with Crippen molar-refractivity contribution in [2.75, 3.05) is 5.73 Å². The Bertz CT molecular complexity index is 366. The lowest BCUT2D eigenvalue weighted by Gasteiger charge is -2.30. The van der Waals surface area contributed by atoms with Crippen molar-refractivity contribution < 1.29 is 9.04 Å². The summed E-state index contributed by atoms with van der Waals surface area (Å²) >= 11 is 0. The topological polar surface area (TPSA) is 35.2 Å². The van der Waals surface area contributed by atoms with Crippen LogP contribution in [0.25, 0.3) is 0 Å². The van der Waals surface area contributed by atoms with Crippen LogP contribution >= 0.6 is 0 Å². The molecule has 0 aromatic heterocycles. The molecule has 16 heavy (non-hydrogen) atoms. The highest BCUT2D eigenvalue weighted by Gasteiger charge is 2.23. The molecule has 0 saturated carbocycles. The predicted octanol–water partition coefficient (Wildman–Crippen LogP) is 1.84. The van der Waals surface area contributed by atoms with E-state index in [0.29, 0.717) is 11.4 Å². The molecule has 0 heterocycles. The van der Waals surface area contributed by atoms with Crippen LogP contribution in [0.5, 0.6) is 0 Å². The highest BCUT2D eigenvalue weighted by molar-refractivity contribution is 6.47. The average molecular weight is 223 g/mol. The van der Waals surface area contributed by atoms with E-state index in [-0.39, 0.29) is 24.6 Å². The number of benzene rings is 1. The van der Waals surface area contributed by atoms with Crippen molar-refractivity contribution in [2.45, 2.75) is 33.3 Å². The van der Waals surface area contributed by atoms with Crippen LogP contribution in [0.3, 0.4) is 0 Å². The lowest BCUT2D eigenvalue weighted by atomic mass is 9.83. The summed E-state index contributed by atoms with van der Waals surface area (Å²) in [5, 5.41) is 0. The molecule has 1 aromatic rings. The minimum atomic E-state index is -0.373. The van der Waals surface area contributed by atoms with Gasteiger partial charge in [-0.1, -0.05) is 26.0 Å². The smallest absolute Gasteiger partial charge is 0.312 e. The summed E-state index contributed by atoms with van der Waals surface area (Å²) in [7, 11) is 0.252. The largest absolute Gasteiger partial charge is 0.429 e. The van der Waals surface area contributed by atoms with Crippen molar-refractivity contribution in [3.8, 4) is 0 Å². The van der Waals surface area contributed by atoms with Gasteiger partial charge in [0.1, 0.15) is 5.82 Å². The Morgan fingerprint density at radius 3 is 2.56 bits per heavy atom. The number of nitrogen functional groups attached to an aromatic ring is 1. The first-order chi connectivity index (χ1) is 7.34. The molecule has 0 aliphatic rings. The molecule has 1 aromatic carbocycles. The average Bonchev–Trinajstić information content (AvgIpc) is 2.20. The molecule has 0 unspecified atom stereocenters. The number of anilines is 1. The summed E-state index contributed by atoms with van der Waals surface area (Å²) in [6.07, 6.45) is 0. The number of hydrogen-bond acceptors (Lipinski definition) is 2. The summed E-state index contributed by atoms with van der Waals surface area (Å²) in [4.78, 5) is 0. The van der Waals surface area contributed by atoms with Gasteiger partial charge in [-0.05, 0) is 31.3 Å². The molecule has 4 heteroatoms. The van der Waals surface area contributed by atoms with Gasteiger partial charge in [-0.15, -0.1) is 0 Å². The quantitative estimate of drug-likeness (QED) is 0.624. The third-order valence-electron chi connectivity index (χ3n) is 3.10. The summed E-state index contributed by atoms with van der Waals surface area (Å²) < 4.78 is 19.3. The molecule has 0 radical (unpaired) electrons. The van der Waals surface area contributed by atoms with Gasteiger partial charge in [0.05, 0.1) is 5.69 Å². The molecule has 0 fully saturated rings. The zero-order valence-electron chi connectivity index (χ0n) is 10.4. The molecule has 0 bridgehead atoms. The molecule has 0 spiro atoms. The predicted molar refractivity (Wildman–Crippen MR) is 67.6 cm³/mol. The molecule has 0 saturated heterocycles. The minimum absolute atomic E-state index is 0.170. The molecule has 0 atom stereocenters. The SMILES string of the molecule is CC(C)C(C)(C)OBc1cccc(N)c1F. The van der Waals surface area contributed by atoms with Gasteiger partial charge in [0, 0.05) is 5.60 Å². The Morgan fingerprint density at radius 2 is 2.00 bits per heavy atom. The van der Waals surface area contributed by atoms with E-state index in [0.717, 1.165) is 0 Å². The van der Waals surface area contributed by atoms with Gasteiger partial charge in [0.2, 0.25) is 0 Å². The van der Waals surface area contributed by atoms with Gasteiger partial charge in [-0.2, -0.15) is 0 Å². The van der Waals surface area contributed by atoms with E-state index < -0.39 is 0 Å². The molecule has 2 nitrogen and oxygen atoms in total. The minimum Gasteiger partial charge on any atom is -0.429 e. The van der Waals surface area contributed by atoms with Crippen LogP contribution in [-0.2, 0) is 4.65 Å². The van der Waals surface area contributed by atoms with Crippen LogP contribution in [-0.4, -0.2) is 13.1 Å².